The number of ether oxygens (including phenoxy) is 1. The van der Waals surface area contributed by atoms with Crippen LogP contribution >= 0.6 is 0 Å². The number of aromatic nitrogens is 3. The van der Waals surface area contributed by atoms with Gasteiger partial charge in [-0.25, -0.2) is 0 Å². The molecule has 0 saturated heterocycles. The molecule has 0 spiro atoms. The Bertz CT molecular complexity index is 1210. The van der Waals surface area contributed by atoms with Gasteiger partial charge in [-0.15, -0.1) is 10.2 Å². The third kappa shape index (κ3) is 4.80. The Balaban J connectivity index is 1.48. The highest BCUT2D eigenvalue weighted by molar-refractivity contribution is 6.05. The fraction of sp³-hybridized carbons (Fsp3) is 0.269. The lowest BCUT2D eigenvalue weighted by Gasteiger charge is -2.12. The summed E-state index contributed by atoms with van der Waals surface area (Å²) < 4.78 is 5.77. The lowest BCUT2D eigenvalue weighted by molar-refractivity contribution is 0.102. The largest absolute Gasteiger partial charge is 0.491 e. The van der Waals surface area contributed by atoms with Gasteiger partial charge in [-0.2, -0.15) is 4.80 Å². The molecule has 0 fully saturated rings. The monoisotopic (exact) mass is 428 g/mol. The molecule has 0 saturated carbocycles. The Morgan fingerprint density at radius 3 is 2.28 bits per heavy atom. The standard InChI is InChI=1S/C26H28N4O2/c1-5-18(4)32-23-13-8-20(9-14-23)26(31)27-21-10-15-24-25(16-21)29-30(28-24)22-11-6-19(7-12-22)17(2)3/h6-18H,5H2,1-4H3,(H,27,31)/t18-/m1/s1. The zero-order valence-corrected chi connectivity index (χ0v) is 18.9. The normalized spacial score (nSPS) is 12.2. The van der Waals surface area contributed by atoms with Crippen molar-refractivity contribution in [3.63, 3.8) is 0 Å². The highest BCUT2D eigenvalue weighted by Crippen LogP contribution is 2.21. The summed E-state index contributed by atoms with van der Waals surface area (Å²) in [7, 11) is 0. The first-order chi connectivity index (χ1) is 15.4. The molecule has 0 unspecified atom stereocenters. The van der Waals surface area contributed by atoms with Crippen molar-refractivity contribution < 1.29 is 9.53 Å². The van der Waals surface area contributed by atoms with Crippen LogP contribution in [0, 0.1) is 0 Å². The van der Waals surface area contributed by atoms with Crippen molar-refractivity contribution in [2.45, 2.75) is 46.1 Å². The molecule has 4 aromatic rings. The third-order valence-electron chi connectivity index (χ3n) is 5.46. The molecular formula is C26H28N4O2. The van der Waals surface area contributed by atoms with Crippen LogP contribution in [0.5, 0.6) is 5.75 Å². The summed E-state index contributed by atoms with van der Waals surface area (Å²) in [6, 6.07) is 20.9. The number of nitrogens with zero attached hydrogens (tertiary/aromatic N) is 3. The van der Waals surface area contributed by atoms with Crippen LogP contribution in [0.2, 0.25) is 0 Å². The van der Waals surface area contributed by atoms with Gasteiger partial charge in [0.2, 0.25) is 0 Å². The molecular weight excluding hydrogens is 400 g/mol. The molecule has 1 N–H and O–H groups in total. The molecule has 0 bridgehead atoms. The topological polar surface area (TPSA) is 69.0 Å². The van der Waals surface area contributed by atoms with Gasteiger partial charge in [0, 0.05) is 11.3 Å². The van der Waals surface area contributed by atoms with Gasteiger partial charge in [-0.3, -0.25) is 4.79 Å². The maximum atomic E-state index is 12.7. The van der Waals surface area contributed by atoms with E-state index in [4.69, 9.17) is 4.74 Å². The number of carbonyl (C=O) groups excluding carboxylic acids is 1. The van der Waals surface area contributed by atoms with Crippen molar-refractivity contribution in [3.8, 4) is 11.4 Å². The molecule has 6 heteroatoms. The molecule has 1 aromatic heterocycles. The van der Waals surface area contributed by atoms with Crippen LogP contribution in [0.15, 0.2) is 66.7 Å². The first-order valence-corrected chi connectivity index (χ1v) is 11.0. The Hall–Kier alpha value is -3.67. The first kappa shape index (κ1) is 21.6. The van der Waals surface area contributed by atoms with E-state index < -0.39 is 0 Å². The molecule has 0 aliphatic heterocycles. The van der Waals surface area contributed by atoms with Crippen molar-refractivity contribution in [1.29, 1.82) is 0 Å². The third-order valence-corrected chi connectivity index (χ3v) is 5.46. The number of rotatable bonds is 7. The molecule has 32 heavy (non-hydrogen) atoms. The minimum absolute atomic E-state index is 0.142. The van der Waals surface area contributed by atoms with E-state index in [9.17, 15) is 4.79 Å². The van der Waals surface area contributed by atoms with Crippen LogP contribution in [0.4, 0.5) is 5.69 Å². The van der Waals surface area contributed by atoms with E-state index >= 15 is 0 Å². The van der Waals surface area contributed by atoms with Gasteiger partial charge in [0.25, 0.3) is 5.91 Å². The van der Waals surface area contributed by atoms with E-state index in [-0.39, 0.29) is 12.0 Å². The Morgan fingerprint density at radius 1 is 0.938 bits per heavy atom. The van der Waals surface area contributed by atoms with Crippen molar-refractivity contribution in [2.24, 2.45) is 0 Å². The zero-order chi connectivity index (χ0) is 22.7. The van der Waals surface area contributed by atoms with Crippen molar-refractivity contribution in [3.05, 3.63) is 77.9 Å². The maximum absolute atomic E-state index is 12.7. The summed E-state index contributed by atoms with van der Waals surface area (Å²) in [5, 5.41) is 12.1. The minimum atomic E-state index is -0.184. The molecule has 0 radical (unpaired) electrons. The van der Waals surface area contributed by atoms with E-state index in [1.54, 1.807) is 16.9 Å². The number of nitrogens with one attached hydrogen (secondary N) is 1. The Labute approximate surface area is 188 Å². The summed E-state index contributed by atoms with van der Waals surface area (Å²) >= 11 is 0. The van der Waals surface area contributed by atoms with Crippen molar-refractivity contribution in [2.75, 3.05) is 5.32 Å². The van der Waals surface area contributed by atoms with Gasteiger partial charge in [0.15, 0.2) is 0 Å². The summed E-state index contributed by atoms with van der Waals surface area (Å²) in [4.78, 5) is 14.3. The smallest absolute Gasteiger partial charge is 0.255 e. The molecule has 4 rings (SSSR count). The fourth-order valence-electron chi connectivity index (χ4n) is 3.30. The Morgan fingerprint density at radius 2 is 1.62 bits per heavy atom. The fourth-order valence-corrected chi connectivity index (χ4v) is 3.30. The highest BCUT2D eigenvalue weighted by Gasteiger charge is 2.10. The molecule has 164 valence electrons. The second-order valence-electron chi connectivity index (χ2n) is 8.25. The molecule has 1 atom stereocenters. The predicted molar refractivity (Wildman–Crippen MR) is 128 cm³/mol. The number of benzene rings is 3. The van der Waals surface area contributed by atoms with Gasteiger partial charge in [0.1, 0.15) is 16.8 Å². The van der Waals surface area contributed by atoms with Crippen LogP contribution in [0.3, 0.4) is 0 Å². The lowest BCUT2D eigenvalue weighted by atomic mass is 10.0. The van der Waals surface area contributed by atoms with Crippen LogP contribution in [-0.4, -0.2) is 27.0 Å². The second kappa shape index (κ2) is 9.22. The van der Waals surface area contributed by atoms with E-state index in [0.717, 1.165) is 23.4 Å². The molecule has 0 aliphatic carbocycles. The van der Waals surface area contributed by atoms with Gasteiger partial charge >= 0.3 is 0 Å². The summed E-state index contributed by atoms with van der Waals surface area (Å²) in [6.07, 6.45) is 1.07. The van der Waals surface area contributed by atoms with E-state index in [1.807, 2.05) is 49.4 Å². The SMILES string of the molecule is CC[C@@H](C)Oc1ccc(C(=O)Nc2ccc3nn(-c4ccc(C(C)C)cc4)nc3c2)cc1. The van der Waals surface area contributed by atoms with Crippen molar-refractivity contribution in [1.82, 2.24) is 15.0 Å². The molecule has 1 amide bonds. The number of fused-ring (bicyclic) bond motifs is 1. The summed E-state index contributed by atoms with van der Waals surface area (Å²) in [6.45, 7) is 8.43. The predicted octanol–water partition coefficient (Wildman–Crippen LogP) is 5.97. The van der Waals surface area contributed by atoms with E-state index in [1.165, 1.54) is 5.56 Å². The first-order valence-electron chi connectivity index (χ1n) is 11.0. The number of anilines is 1. The summed E-state index contributed by atoms with van der Waals surface area (Å²) in [5.74, 6) is 1.05. The second-order valence-corrected chi connectivity index (χ2v) is 8.25. The zero-order valence-electron chi connectivity index (χ0n) is 18.9. The Kier molecular flexibility index (Phi) is 6.21. The van der Waals surface area contributed by atoms with Crippen LogP contribution in [0.25, 0.3) is 16.7 Å². The van der Waals surface area contributed by atoms with E-state index in [2.05, 4.69) is 48.4 Å². The van der Waals surface area contributed by atoms with Crippen LogP contribution in [0.1, 0.15) is 56.0 Å². The van der Waals surface area contributed by atoms with Crippen molar-refractivity contribution >= 4 is 22.6 Å². The molecule has 0 aliphatic rings. The van der Waals surface area contributed by atoms with Gasteiger partial charge in [-0.1, -0.05) is 32.9 Å². The molecule has 1 heterocycles. The van der Waals surface area contributed by atoms with Gasteiger partial charge in [-0.05, 0) is 79.4 Å². The summed E-state index contributed by atoms with van der Waals surface area (Å²) in [5.41, 5.74) is 4.89. The van der Waals surface area contributed by atoms with Gasteiger partial charge in [0.05, 0.1) is 11.8 Å². The molecule has 6 nitrogen and oxygen atoms in total. The number of carbonyl (C=O) groups is 1. The van der Waals surface area contributed by atoms with Crippen LogP contribution in [-0.2, 0) is 0 Å². The minimum Gasteiger partial charge on any atom is -0.491 e. The average Bonchev–Trinajstić information content (AvgIpc) is 3.23. The number of hydrogen-bond acceptors (Lipinski definition) is 4. The average molecular weight is 429 g/mol. The number of amides is 1. The lowest BCUT2D eigenvalue weighted by Crippen LogP contribution is -2.12. The van der Waals surface area contributed by atoms with E-state index in [0.29, 0.717) is 22.7 Å². The molecule has 3 aromatic carbocycles. The maximum Gasteiger partial charge on any atom is 0.255 e. The van der Waals surface area contributed by atoms with Gasteiger partial charge < -0.3 is 10.1 Å². The quantitative estimate of drug-likeness (QED) is 0.393. The highest BCUT2D eigenvalue weighted by atomic mass is 16.5. The number of hydrogen-bond donors (Lipinski definition) is 1. The van der Waals surface area contributed by atoms with Crippen LogP contribution < -0.4 is 10.1 Å².